The lowest BCUT2D eigenvalue weighted by Gasteiger charge is -2.24. The molecule has 12 heteroatoms. The highest BCUT2D eigenvalue weighted by atomic mass is 79.9. The number of hydrogen-bond donors (Lipinski definition) is 1. The maximum absolute atomic E-state index is 13.4. The number of ether oxygens (including phenoxy) is 1. The molecule has 0 aliphatic carbocycles. The Balaban J connectivity index is 0.00000205. The number of rotatable bonds is 9. The first-order valence-electron chi connectivity index (χ1n) is 10.7. The van der Waals surface area contributed by atoms with E-state index in [0.29, 0.717) is 11.3 Å². The molecule has 1 heterocycles. The van der Waals surface area contributed by atoms with E-state index in [4.69, 9.17) is 4.74 Å². The number of nitrogens with one attached hydrogen (secondary N) is 1. The van der Waals surface area contributed by atoms with Crippen LogP contribution in [0.4, 0.5) is 13.2 Å². The number of sulfone groups is 1. The molecule has 2 aromatic rings. The monoisotopic (exact) mass is 610 g/mol. The lowest BCUT2D eigenvalue weighted by Crippen LogP contribution is -2.28. The molecule has 0 fully saturated rings. The minimum absolute atomic E-state index is 0.0314. The number of likely N-dealkylation sites (N-methyl/N-ethyl adjacent to an activating group) is 1. The standard InChI is InChI=1S/C21H22BrF3N2O4S2.C3H8/c1-13(21(23,24)25)19(22)20(27(2)11-18(28)31-12-32-3)17-9-8-16(26-17)14-6-5-7-15(10-14)33(4,29)30;1-3-2/h5-10,26H,1,11-12H2,2-4H3;3H2,1-2H3/b20-19+;. The molecule has 0 atom stereocenters. The average molecular weight is 612 g/mol. The lowest BCUT2D eigenvalue weighted by atomic mass is 10.1. The third-order valence-corrected chi connectivity index (χ3v) is 6.73. The van der Waals surface area contributed by atoms with Crippen LogP contribution in [0.3, 0.4) is 0 Å². The van der Waals surface area contributed by atoms with Gasteiger partial charge in [-0.25, -0.2) is 8.42 Å². The smallest absolute Gasteiger partial charge is 0.417 e. The van der Waals surface area contributed by atoms with E-state index < -0.39 is 27.6 Å². The number of H-pyrrole nitrogens is 1. The summed E-state index contributed by atoms with van der Waals surface area (Å²) in [5, 5.41) is 0. The Morgan fingerprint density at radius 2 is 1.83 bits per heavy atom. The molecular weight excluding hydrogens is 581 g/mol. The van der Waals surface area contributed by atoms with Gasteiger partial charge in [-0.1, -0.05) is 39.0 Å². The van der Waals surface area contributed by atoms with Crippen LogP contribution in [-0.2, 0) is 19.4 Å². The van der Waals surface area contributed by atoms with Crippen molar-refractivity contribution in [2.24, 2.45) is 0 Å². The van der Waals surface area contributed by atoms with Crippen LogP contribution < -0.4 is 0 Å². The van der Waals surface area contributed by atoms with Crippen LogP contribution in [0.25, 0.3) is 17.0 Å². The van der Waals surface area contributed by atoms with E-state index in [2.05, 4.69) is 41.3 Å². The largest absolute Gasteiger partial charge is 0.453 e. The van der Waals surface area contributed by atoms with Gasteiger partial charge in [-0.15, -0.1) is 11.8 Å². The zero-order valence-electron chi connectivity index (χ0n) is 20.7. The number of aromatic amines is 1. The number of halogens is 4. The van der Waals surface area contributed by atoms with Gasteiger partial charge in [-0.05, 0) is 52.0 Å². The highest BCUT2D eigenvalue weighted by Gasteiger charge is 2.36. The van der Waals surface area contributed by atoms with Crippen molar-refractivity contribution in [3.63, 3.8) is 0 Å². The molecule has 2 rings (SSSR count). The molecule has 0 aliphatic heterocycles. The Morgan fingerprint density at radius 1 is 1.22 bits per heavy atom. The molecule has 1 aromatic heterocycles. The molecular formula is C24H30BrF3N2O4S2. The molecule has 200 valence electrons. The van der Waals surface area contributed by atoms with Crippen molar-refractivity contribution in [2.75, 3.05) is 32.0 Å². The third-order valence-electron chi connectivity index (χ3n) is 4.42. The van der Waals surface area contributed by atoms with Crippen LogP contribution in [0.5, 0.6) is 0 Å². The topological polar surface area (TPSA) is 79.5 Å². The van der Waals surface area contributed by atoms with Crippen molar-refractivity contribution >= 4 is 49.2 Å². The molecule has 36 heavy (non-hydrogen) atoms. The normalized spacial score (nSPS) is 12.2. The molecule has 0 amide bonds. The zero-order chi connectivity index (χ0) is 27.7. The Labute approximate surface area is 223 Å². The second-order valence-corrected chi connectivity index (χ2v) is 11.3. The number of allylic oxidation sites excluding steroid dienone is 2. The lowest BCUT2D eigenvalue weighted by molar-refractivity contribution is -0.141. The number of aromatic nitrogens is 1. The van der Waals surface area contributed by atoms with Gasteiger partial charge in [0.2, 0.25) is 0 Å². The predicted octanol–water partition coefficient (Wildman–Crippen LogP) is 6.48. The Kier molecular flexibility index (Phi) is 12.3. The molecule has 0 aliphatic rings. The number of hydrogen-bond acceptors (Lipinski definition) is 6. The summed E-state index contributed by atoms with van der Waals surface area (Å²) >= 11 is 4.28. The number of esters is 1. The van der Waals surface area contributed by atoms with Gasteiger partial charge in [0.1, 0.15) is 12.5 Å². The van der Waals surface area contributed by atoms with Crippen LogP contribution in [0.2, 0.25) is 0 Å². The van der Waals surface area contributed by atoms with Crippen molar-refractivity contribution in [2.45, 2.75) is 31.3 Å². The second kappa shape index (κ2) is 13.9. The van der Waals surface area contributed by atoms with Crippen molar-refractivity contribution in [1.82, 2.24) is 9.88 Å². The maximum Gasteiger partial charge on any atom is 0.417 e. The van der Waals surface area contributed by atoms with Crippen molar-refractivity contribution in [3.8, 4) is 11.3 Å². The summed E-state index contributed by atoms with van der Waals surface area (Å²) in [7, 11) is -2.00. The molecule has 1 aromatic carbocycles. The van der Waals surface area contributed by atoms with Crippen LogP contribution in [0, 0.1) is 0 Å². The van der Waals surface area contributed by atoms with Gasteiger partial charge in [0.25, 0.3) is 0 Å². The minimum Gasteiger partial charge on any atom is -0.453 e. The highest BCUT2D eigenvalue weighted by Crippen LogP contribution is 2.38. The Morgan fingerprint density at radius 3 is 2.36 bits per heavy atom. The number of carbonyl (C=O) groups is 1. The molecule has 0 saturated heterocycles. The summed E-state index contributed by atoms with van der Waals surface area (Å²) in [6.07, 6.45) is -0.632. The van der Waals surface area contributed by atoms with Gasteiger partial charge in [0, 0.05) is 19.0 Å². The first-order valence-corrected chi connectivity index (χ1v) is 14.8. The van der Waals surface area contributed by atoms with Crippen molar-refractivity contribution < 1.29 is 31.1 Å². The number of nitrogens with zero attached hydrogens (tertiary/aromatic N) is 1. The fourth-order valence-corrected chi connectivity index (χ4v) is 4.45. The van der Waals surface area contributed by atoms with E-state index in [-0.39, 0.29) is 33.3 Å². The molecule has 0 spiro atoms. The molecule has 1 N–H and O–H groups in total. The van der Waals surface area contributed by atoms with E-state index in [1.54, 1.807) is 24.5 Å². The van der Waals surface area contributed by atoms with Crippen molar-refractivity contribution in [1.29, 1.82) is 0 Å². The van der Waals surface area contributed by atoms with Crippen molar-refractivity contribution in [3.05, 3.63) is 58.7 Å². The molecule has 6 nitrogen and oxygen atoms in total. The Hall–Kier alpha value is -2.18. The van der Waals surface area contributed by atoms with Gasteiger partial charge < -0.3 is 14.6 Å². The minimum atomic E-state index is -4.70. The van der Waals surface area contributed by atoms with Gasteiger partial charge in [0.15, 0.2) is 9.84 Å². The summed E-state index contributed by atoms with van der Waals surface area (Å²) < 4.78 is 68.4. The molecule has 0 radical (unpaired) electrons. The van der Waals surface area contributed by atoms with Gasteiger partial charge in [-0.2, -0.15) is 13.2 Å². The number of alkyl halides is 3. The van der Waals surface area contributed by atoms with E-state index in [1.165, 1.54) is 48.3 Å². The quantitative estimate of drug-likeness (QED) is 0.199. The third kappa shape index (κ3) is 9.36. The summed E-state index contributed by atoms with van der Waals surface area (Å²) in [5.41, 5.74) is 0.161. The Bertz CT molecular complexity index is 1190. The molecule has 0 saturated carbocycles. The van der Waals surface area contributed by atoms with Crippen LogP contribution in [0.1, 0.15) is 26.0 Å². The number of carbonyl (C=O) groups excluding carboxylic acids is 1. The van der Waals surface area contributed by atoms with Crippen LogP contribution >= 0.6 is 27.7 Å². The SMILES string of the molecule is C=C(/C(Br)=C(/c1ccc(-c2cccc(S(C)(=O)=O)c2)[nH]1)N(C)CC(=O)OCSC)C(F)(F)F.CCC. The van der Waals surface area contributed by atoms with E-state index in [9.17, 15) is 26.4 Å². The summed E-state index contributed by atoms with van der Waals surface area (Å²) in [4.78, 5) is 16.5. The summed E-state index contributed by atoms with van der Waals surface area (Å²) in [6.45, 7) is 7.07. The number of benzene rings is 1. The predicted molar refractivity (Wildman–Crippen MR) is 143 cm³/mol. The first kappa shape index (κ1) is 31.8. The fourth-order valence-electron chi connectivity index (χ4n) is 2.80. The molecule has 0 bridgehead atoms. The van der Waals surface area contributed by atoms with E-state index in [1.807, 2.05) is 0 Å². The first-order chi connectivity index (χ1) is 16.7. The van der Waals surface area contributed by atoms with Gasteiger partial charge in [-0.3, -0.25) is 4.79 Å². The zero-order valence-corrected chi connectivity index (χ0v) is 23.9. The van der Waals surface area contributed by atoms with E-state index in [0.717, 1.165) is 6.26 Å². The van der Waals surface area contributed by atoms with Gasteiger partial charge in [0.05, 0.1) is 26.3 Å². The maximum atomic E-state index is 13.4. The summed E-state index contributed by atoms with van der Waals surface area (Å²) in [6, 6.07) is 9.28. The molecule has 0 unspecified atom stereocenters. The van der Waals surface area contributed by atoms with Gasteiger partial charge >= 0.3 is 12.1 Å². The van der Waals surface area contributed by atoms with E-state index >= 15 is 0 Å². The summed E-state index contributed by atoms with van der Waals surface area (Å²) in [5.74, 6) is -0.499. The van der Waals surface area contributed by atoms with Crippen LogP contribution in [-0.4, -0.2) is 62.5 Å². The highest BCUT2D eigenvalue weighted by molar-refractivity contribution is 9.12. The fraction of sp³-hybridized carbons (Fsp3) is 0.375. The number of thioether (sulfide) groups is 1. The second-order valence-electron chi connectivity index (χ2n) is 7.71. The van der Waals surface area contributed by atoms with Crippen LogP contribution in [0.15, 0.2) is 57.9 Å². The average Bonchev–Trinajstić information content (AvgIpc) is 3.26.